The molecule has 2 aromatic rings. The van der Waals surface area contributed by atoms with Crippen molar-refractivity contribution in [3.8, 4) is 0 Å². The first-order valence-electron chi connectivity index (χ1n) is 5.28. The Hall–Kier alpha value is -2.49. The number of aromatic nitrogens is 3. The number of nitro benzene ring substituents is 1. The molecule has 0 aliphatic carbocycles. The van der Waals surface area contributed by atoms with Crippen molar-refractivity contribution in [2.75, 3.05) is 11.1 Å². The second kappa shape index (κ2) is 6.10. The van der Waals surface area contributed by atoms with E-state index in [1.165, 1.54) is 6.33 Å². The molecule has 1 amide bonds. The van der Waals surface area contributed by atoms with E-state index in [4.69, 9.17) is 0 Å². The van der Waals surface area contributed by atoms with Gasteiger partial charge in [0.15, 0.2) is 5.16 Å². The summed E-state index contributed by atoms with van der Waals surface area (Å²) in [6.45, 7) is 0. The Morgan fingerprint density at radius 2 is 2.35 bits per heavy atom. The number of carbonyl (C=O) groups excluding carboxylic acids is 1. The molecular formula is C10H8FN5O3S. The summed E-state index contributed by atoms with van der Waals surface area (Å²) in [5.74, 6) is -1.23. The molecule has 1 aromatic carbocycles. The van der Waals surface area contributed by atoms with Crippen molar-refractivity contribution in [3.63, 3.8) is 0 Å². The van der Waals surface area contributed by atoms with Gasteiger partial charge in [-0.05, 0) is 12.1 Å². The zero-order valence-electron chi connectivity index (χ0n) is 9.87. The smallest absolute Gasteiger partial charge is 0.295 e. The summed E-state index contributed by atoms with van der Waals surface area (Å²) in [6, 6.07) is 2.93. The predicted octanol–water partition coefficient (Wildman–Crippen LogP) is 1.58. The number of thioether (sulfide) groups is 1. The van der Waals surface area contributed by atoms with Crippen LogP contribution in [0.5, 0.6) is 0 Å². The largest absolute Gasteiger partial charge is 0.320 e. The predicted molar refractivity (Wildman–Crippen MR) is 68.8 cm³/mol. The van der Waals surface area contributed by atoms with Crippen LogP contribution in [0.4, 0.5) is 15.8 Å². The Bertz CT molecular complexity index is 634. The Balaban J connectivity index is 2.02. The van der Waals surface area contributed by atoms with Crippen molar-refractivity contribution in [3.05, 3.63) is 40.5 Å². The number of amides is 1. The molecule has 0 radical (unpaired) electrons. The molecule has 0 unspecified atom stereocenters. The van der Waals surface area contributed by atoms with Crippen LogP contribution in [-0.4, -0.2) is 31.8 Å². The van der Waals surface area contributed by atoms with E-state index < -0.39 is 22.3 Å². The summed E-state index contributed by atoms with van der Waals surface area (Å²) in [6.07, 6.45) is 1.30. The lowest BCUT2D eigenvalue weighted by molar-refractivity contribution is -0.384. The molecule has 0 spiro atoms. The zero-order chi connectivity index (χ0) is 14.5. The summed E-state index contributed by atoms with van der Waals surface area (Å²) >= 11 is 1.09. The second-order valence-electron chi connectivity index (χ2n) is 3.55. The zero-order valence-corrected chi connectivity index (χ0v) is 10.7. The summed E-state index contributed by atoms with van der Waals surface area (Å²) < 4.78 is 12.9. The number of anilines is 1. The number of hydrogen-bond donors (Lipinski definition) is 2. The lowest BCUT2D eigenvalue weighted by Crippen LogP contribution is -2.15. The van der Waals surface area contributed by atoms with Gasteiger partial charge in [-0.25, -0.2) is 9.37 Å². The van der Waals surface area contributed by atoms with E-state index in [9.17, 15) is 19.3 Å². The van der Waals surface area contributed by atoms with Crippen LogP contribution in [0.15, 0.2) is 29.7 Å². The molecule has 0 saturated carbocycles. The molecule has 1 aromatic heterocycles. The van der Waals surface area contributed by atoms with Gasteiger partial charge in [-0.1, -0.05) is 11.8 Å². The molecule has 0 fully saturated rings. The Kier molecular flexibility index (Phi) is 4.25. The van der Waals surface area contributed by atoms with E-state index in [1.54, 1.807) is 0 Å². The number of rotatable bonds is 5. The second-order valence-corrected chi connectivity index (χ2v) is 4.51. The number of H-pyrrole nitrogens is 1. The Morgan fingerprint density at radius 1 is 1.55 bits per heavy atom. The van der Waals surface area contributed by atoms with E-state index in [0.29, 0.717) is 5.16 Å². The molecule has 0 aliphatic heterocycles. The Labute approximate surface area is 115 Å². The van der Waals surface area contributed by atoms with Crippen LogP contribution in [0, 0.1) is 15.9 Å². The first kappa shape index (κ1) is 13.9. The summed E-state index contributed by atoms with van der Waals surface area (Å²) in [7, 11) is 0. The number of aromatic amines is 1. The fraction of sp³-hybridized carbons (Fsp3) is 0.100. The molecule has 20 heavy (non-hydrogen) atoms. The molecule has 0 saturated heterocycles. The van der Waals surface area contributed by atoms with Gasteiger partial charge in [0.05, 0.1) is 16.7 Å². The van der Waals surface area contributed by atoms with Gasteiger partial charge >= 0.3 is 0 Å². The molecule has 2 N–H and O–H groups in total. The van der Waals surface area contributed by atoms with Crippen LogP contribution in [0.25, 0.3) is 0 Å². The lowest BCUT2D eigenvalue weighted by atomic mass is 10.2. The molecule has 104 valence electrons. The number of nitro groups is 1. The van der Waals surface area contributed by atoms with Gasteiger partial charge in [0, 0.05) is 0 Å². The highest BCUT2D eigenvalue weighted by Gasteiger charge is 2.17. The third-order valence-electron chi connectivity index (χ3n) is 2.16. The Morgan fingerprint density at radius 3 is 3.00 bits per heavy atom. The lowest BCUT2D eigenvalue weighted by Gasteiger charge is -2.05. The van der Waals surface area contributed by atoms with E-state index in [-0.39, 0.29) is 11.4 Å². The van der Waals surface area contributed by atoms with Gasteiger partial charge in [0.2, 0.25) is 5.91 Å². The third-order valence-corrected chi connectivity index (χ3v) is 3.04. The maximum absolute atomic E-state index is 12.9. The van der Waals surface area contributed by atoms with E-state index >= 15 is 0 Å². The van der Waals surface area contributed by atoms with Crippen LogP contribution in [-0.2, 0) is 4.79 Å². The van der Waals surface area contributed by atoms with E-state index in [0.717, 1.165) is 30.0 Å². The number of halogens is 1. The van der Waals surface area contributed by atoms with Crippen LogP contribution in [0.3, 0.4) is 0 Å². The SMILES string of the molecule is O=C(CSc1ncn[nH]1)Nc1ccc(F)cc1[N+](=O)[O-]. The fourth-order valence-electron chi connectivity index (χ4n) is 1.35. The van der Waals surface area contributed by atoms with Crippen molar-refractivity contribution < 1.29 is 14.1 Å². The van der Waals surface area contributed by atoms with Crippen molar-refractivity contribution in [2.24, 2.45) is 0 Å². The van der Waals surface area contributed by atoms with Gasteiger partial charge < -0.3 is 5.32 Å². The summed E-state index contributed by atoms with van der Waals surface area (Å²) in [5.41, 5.74) is -0.553. The molecule has 10 heteroatoms. The van der Waals surface area contributed by atoms with Crippen molar-refractivity contribution >= 4 is 29.0 Å². The van der Waals surface area contributed by atoms with Gasteiger partial charge in [-0.2, -0.15) is 5.10 Å². The normalized spacial score (nSPS) is 10.2. The maximum atomic E-state index is 12.9. The van der Waals surface area contributed by atoms with Crippen LogP contribution in [0.1, 0.15) is 0 Å². The molecule has 1 heterocycles. The van der Waals surface area contributed by atoms with Gasteiger partial charge in [-0.15, -0.1) is 0 Å². The number of benzene rings is 1. The highest BCUT2D eigenvalue weighted by atomic mass is 32.2. The first-order chi connectivity index (χ1) is 9.56. The molecule has 2 rings (SSSR count). The third kappa shape index (κ3) is 3.51. The minimum atomic E-state index is -0.762. The molecule has 8 nitrogen and oxygen atoms in total. The topological polar surface area (TPSA) is 114 Å². The van der Waals surface area contributed by atoms with Crippen molar-refractivity contribution in [1.82, 2.24) is 15.2 Å². The molecular weight excluding hydrogens is 289 g/mol. The number of nitrogens with zero attached hydrogens (tertiary/aromatic N) is 3. The summed E-state index contributed by atoms with van der Waals surface area (Å²) in [4.78, 5) is 25.5. The average Bonchev–Trinajstić information content (AvgIpc) is 2.91. The minimum Gasteiger partial charge on any atom is -0.320 e. The van der Waals surface area contributed by atoms with Crippen LogP contribution >= 0.6 is 11.8 Å². The van der Waals surface area contributed by atoms with E-state index in [1.807, 2.05) is 0 Å². The van der Waals surface area contributed by atoms with Crippen LogP contribution < -0.4 is 5.32 Å². The highest BCUT2D eigenvalue weighted by molar-refractivity contribution is 7.99. The summed E-state index contributed by atoms with van der Waals surface area (Å²) in [5, 5.41) is 19.7. The number of carbonyl (C=O) groups is 1. The standard InChI is InChI=1S/C10H8FN5O3S/c11-6-1-2-7(8(3-6)16(18)19)14-9(17)4-20-10-12-5-13-15-10/h1-3,5H,4H2,(H,14,17)(H,12,13,15). The monoisotopic (exact) mass is 297 g/mol. The van der Waals surface area contributed by atoms with Crippen molar-refractivity contribution in [2.45, 2.75) is 5.16 Å². The highest BCUT2D eigenvalue weighted by Crippen LogP contribution is 2.25. The van der Waals surface area contributed by atoms with Crippen molar-refractivity contribution in [1.29, 1.82) is 0 Å². The minimum absolute atomic E-state index is 0.0102. The number of nitrogens with one attached hydrogen (secondary N) is 2. The first-order valence-corrected chi connectivity index (χ1v) is 6.27. The molecule has 0 bridgehead atoms. The maximum Gasteiger partial charge on any atom is 0.295 e. The number of hydrogen-bond acceptors (Lipinski definition) is 6. The quantitative estimate of drug-likeness (QED) is 0.492. The van der Waals surface area contributed by atoms with Gasteiger partial charge in [-0.3, -0.25) is 20.0 Å². The molecule has 0 atom stereocenters. The van der Waals surface area contributed by atoms with Gasteiger partial charge in [0.25, 0.3) is 5.69 Å². The fourth-order valence-corrected chi connectivity index (χ4v) is 1.92. The van der Waals surface area contributed by atoms with Gasteiger partial charge in [0.1, 0.15) is 17.8 Å². The molecule has 0 aliphatic rings. The average molecular weight is 297 g/mol. The van der Waals surface area contributed by atoms with Crippen LogP contribution in [0.2, 0.25) is 0 Å². The van der Waals surface area contributed by atoms with E-state index in [2.05, 4.69) is 20.5 Å².